The average molecular weight is 431 g/mol. The number of benzene rings is 2. The van der Waals surface area contributed by atoms with E-state index in [0.29, 0.717) is 44.8 Å². The van der Waals surface area contributed by atoms with Crippen LogP contribution in [0.4, 0.5) is 0 Å². The Balaban J connectivity index is 1.52. The monoisotopic (exact) mass is 430 g/mol. The van der Waals surface area contributed by atoms with Gasteiger partial charge in [-0.3, -0.25) is 9.59 Å². The van der Waals surface area contributed by atoms with Crippen LogP contribution in [0.3, 0.4) is 0 Å². The Kier molecular flexibility index (Phi) is 7.09. The van der Waals surface area contributed by atoms with Gasteiger partial charge in [0.2, 0.25) is 11.8 Å². The van der Waals surface area contributed by atoms with Crippen LogP contribution in [-0.4, -0.2) is 36.3 Å². The van der Waals surface area contributed by atoms with Crippen molar-refractivity contribution in [3.63, 3.8) is 0 Å². The van der Waals surface area contributed by atoms with Gasteiger partial charge in [0.05, 0.1) is 5.41 Å². The van der Waals surface area contributed by atoms with Crippen LogP contribution in [0.1, 0.15) is 44.1 Å². The summed E-state index contributed by atoms with van der Waals surface area (Å²) in [5.74, 6) is 0.573. The Morgan fingerprint density at radius 3 is 2.38 bits per heavy atom. The largest absolute Gasteiger partial charge is 0.352 e. The fourth-order valence-electron chi connectivity index (χ4n) is 5.30. The van der Waals surface area contributed by atoms with E-state index in [2.05, 4.69) is 48.3 Å². The smallest absolute Gasteiger partial charge is 0.226 e. The van der Waals surface area contributed by atoms with Crippen molar-refractivity contribution in [2.75, 3.05) is 19.6 Å². The van der Waals surface area contributed by atoms with E-state index < -0.39 is 5.41 Å². The third-order valence-electron chi connectivity index (χ3n) is 7.20. The number of piperidine rings is 1. The fraction of sp³-hybridized carbons (Fsp3) is 0.429. The van der Waals surface area contributed by atoms with Gasteiger partial charge in [-0.25, -0.2) is 0 Å². The van der Waals surface area contributed by atoms with Crippen LogP contribution in [0.5, 0.6) is 0 Å². The molecule has 2 fully saturated rings. The van der Waals surface area contributed by atoms with Crippen molar-refractivity contribution in [2.24, 2.45) is 11.3 Å². The Hall–Kier alpha value is -2.88. The molecule has 1 saturated carbocycles. The maximum Gasteiger partial charge on any atom is 0.226 e. The quantitative estimate of drug-likeness (QED) is 0.629. The van der Waals surface area contributed by atoms with Gasteiger partial charge >= 0.3 is 0 Å². The van der Waals surface area contributed by atoms with Gasteiger partial charge < -0.3 is 10.2 Å². The maximum absolute atomic E-state index is 13.3. The summed E-state index contributed by atoms with van der Waals surface area (Å²) in [5.41, 5.74) is 3.01. The summed E-state index contributed by atoms with van der Waals surface area (Å²) in [6, 6.07) is 18.8. The molecule has 4 nitrogen and oxygen atoms in total. The van der Waals surface area contributed by atoms with E-state index in [4.69, 9.17) is 0 Å². The summed E-state index contributed by atoms with van der Waals surface area (Å²) in [6.45, 7) is 5.53. The lowest BCUT2D eigenvalue weighted by atomic mass is 9.72. The fourth-order valence-corrected chi connectivity index (χ4v) is 5.30. The van der Waals surface area contributed by atoms with Gasteiger partial charge in [-0.15, -0.1) is 6.58 Å². The standard InChI is InChI=1S/C28H34N2O2/c1-2-17-29-27(32)28(15-18-30(19-16-28)26(31)24-12-6-7-13-24)21-22-9-8-14-25(20-22)23-10-4-3-5-11-23/h2-5,8-11,14,20,24H,1,6-7,12-13,15-19,21H2,(H,29,32). The second-order valence-electron chi connectivity index (χ2n) is 9.33. The number of hydrogen-bond acceptors (Lipinski definition) is 2. The second kappa shape index (κ2) is 10.2. The van der Waals surface area contributed by atoms with E-state index >= 15 is 0 Å². The molecule has 0 unspecified atom stereocenters. The van der Waals surface area contributed by atoms with Crippen molar-refractivity contribution in [1.82, 2.24) is 10.2 Å². The third kappa shape index (κ3) is 4.95. The molecular weight excluding hydrogens is 396 g/mol. The Labute approximate surface area is 191 Å². The van der Waals surface area contributed by atoms with Gasteiger partial charge in [-0.05, 0) is 48.8 Å². The van der Waals surface area contributed by atoms with Gasteiger partial charge in [0.25, 0.3) is 0 Å². The molecule has 168 valence electrons. The minimum absolute atomic E-state index is 0.0791. The van der Waals surface area contributed by atoms with Crippen LogP contribution in [-0.2, 0) is 16.0 Å². The summed E-state index contributed by atoms with van der Waals surface area (Å²) in [5, 5.41) is 3.05. The number of likely N-dealkylation sites (tertiary alicyclic amines) is 1. The summed E-state index contributed by atoms with van der Waals surface area (Å²) >= 11 is 0. The van der Waals surface area contributed by atoms with Crippen LogP contribution < -0.4 is 5.32 Å². The number of nitrogens with zero attached hydrogens (tertiary/aromatic N) is 1. The Morgan fingerprint density at radius 2 is 1.69 bits per heavy atom. The third-order valence-corrected chi connectivity index (χ3v) is 7.20. The molecule has 1 aliphatic heterocycles. The Bertz CT molecular complexity index is 939. The van der Waals surface area contributed by atoms with E-state index in [-0.39, 0.29) is 11.8 Å². The molecule has 0 radical (unpaired) electrons. The van der Waals surface area contributed by atoms with Gasteiger partial charge in [-0.1, -0.05) is 73.5 Å². The molecule has 4 heteroatoms. The molecule has 1 saturated heterocycles. The molecule has 4 rings (SSSR count). The highest BCUT2D eigenvalue weighted by Gasteiger charge is 2.43. The van der Waals surface area contributed by atoms with Gasteiger partial charge in [0.1, 0.15) is 0 Å². The molecule has 2 aromatic carbocycles. The first kappa shape index (κ1) is 22.3. The summed E-state index contributed by atoms with van der Waals surface area (Å²) < 4.78 is 0. The molecule has 1 aliphatic carbocycles. The average Bonchev–Trinajstić information content (AvgIpc) is 3.38. The van der Waals surface area contributed by atoms with E-state index in [0.717, 1.165) is 31.2 Å². The summed E-state index contributed by atoms with van der Waals surface area (Å²) in [7, 11) is 0. The zero-order chi connectivity index (χ0) is 22.4. The number of hydrogen-bond donors (Lipinski definition) is 1. The number of amides is 2. The van der Waals surface area contributed by atoms with Gasteiger partial charge in [0, 0.05) is 25.6 Å². The number of nitrogens with one attached hydrogen (secondary N) is 1. The number of carbonyl (C=O) groups is 2. The zero-order valence-corrected chi connectivity index (χ0v) is 18.9. The van der Waals surface area contributed by atoms with E-state index in [1.165, 1.54) is 11.1 Å². The van der Waals surface area contributed by atoms with Crippen molar-refractivity contribution >= 4 is 11.8 Å². The van der Waals surface area contributed by atoms with Crippen LogP contribution in [0, 0.1) is 11.3 Å². The molecule has 1 N–H and O–H groups in total. The minimum atomic E-state index is -0.495. The highest BCUT2D eigenvalue weighted by atomic mass is 16.2. The SMILES string of the molecule is C=CCNC(=O)C1(Cc2cccc(-c3ccccc3)c2)CCN(C(=O)C2CCCC2)CC1. The van der Waals surface area contributed by atoms with Crippen molar-refractivity contribution in [2.45, 2.75) is 44.9 Å². The molecule has 0 atom stereocenters. The normalized spacial score (nSPS) is 18.3. The van der Waals surface area contributed by atoms with E-state index in [1.807, 2.05) is 23.1 Å². The topological polar surface area (TPSA) is 49.4 Å². The van der Waals surface area contributed by atoms with Gasteiger partial charge in [-0.2, -0.15) is 0 Å². The predicted molar refractivity (Wildman–Crippen MR) is 129 cm³/mol. The first-order chi connectivity index (χ1) is 15.6. The first-order valence-electron chi connectivity index (χ1n) is 11.9. The molecular formula is C28H34N2O2. The molecule has 2 aromatic rings. The van der Waals surface area contributed by atoms with Crippen LogP contribution in [0.25, 0.3) is 11.1 Å². The number of carbonyl (C=O) groups excluding carboxylic acids is 2. The summed E-state index contributed by atoms with van der Waals surface area (Å²) in [6.07, 6.45) is 8.17. The van der Waals surface area contributed by atoms with Crippen molar-refractivity contribution in [3.05, 3.63) is 72.8 Å². The maximum atomic E-state index is 13.3. The van der Waals surface area contributed by atoms with Crippen LogP contribution >= 0.6 is 0 Å². The molecule has 0 bridgehead atoms. The van der Waals surface area contributed by atoms with Crippen LogP contribution in [0.15, 0.2) is 67.3 Å². The zero-order valence-electron chi connectivity index (χ0n) is 18.9. The van der Waals surface area contributed by atoms with Crippen molar-refractivity contribution in [1.29, 1.82) is 0 Å². The molecule has 0 aromatic heterocycles. The lowest BCUT2D eigenvalue weighted by Gasteiger charge is -2.41. The van der Waals surface area contributed by atoms with Crippen molar-refractivity contribution in [3.8, 4) is 11.1 Å². The predicted octanol–water partition coefficient (Wildman–Crippen LogP) is 5.00. The lowest BCUT2D eigenvalue weighted by Crippen LogP contribution is -2.52. The second-order valence-corrected chi connectivity index (χ2v) is 9.33. The molecule has 1 heterocycles. The highest BCUT2D eigenvalue weighted by Crippen LogP contribution is 2.38. The first-order valence-corrected chi connectivity index (χ1v) is 11.9. The van der Waals surface area contributed by atoms with Crippen LogP contribution in [0.2, 0.25) is 0 Å². The minimum Gasteiger partial charge on any atom is -0.352 e. The highest BCUT2D eigenvalue weighted by molar-refractivity contribution is 5.84. The number of rotatable bonds is 7. The Morgan fingerprint density at radius 1 is 1.00 bits per heavy atom. The lowest BCUT2D eigenvalue weighted by molar-refractivity contribution is -0.143. The molecule has 0 spiro atoms. The molecule has 2 amide bonds. The molecule has 2 aliphatic rings. The molecule has 32 heavy (non-hydrogen) atoms. The van der Waals surface area contributed by atoms with E-state index in [9.17, 15) is 9.59 Å². The summed E-state index contributed by atoms with van der Waals surface area (Å²) in [4.78, 5) is 28.2. The van der Waals surface area contributed by atoms with Crippen molar-refractivity contribution < 1.29 is 9.59 Å². The van der Waals surface area contributed by atoms with E-state index in [1.54, 1.807) is 6.08 Å². The van der Waals surface area contributed by atoms with Gasteiger partial charge in [0.15, 0.2) is 0 Å².